The fourth-order valence-electron chi connectivity index (χ4n) is 3.07. The molecule has 10 heteroatoms. The first-order chi connectivity index (χ1) is 13.6. The molecule has 1 aliphatic heterocycles. The van der Waals surface area contributed by atoms with Crippen molar-refractivity contribution >= 4 is 37.2 Å². The maximum absolute atomic E-state index is 12.6. The Bertz CT molecular complexity index is 1170. The van der Waals surface area contributed by atoms with Gasteiger partial charge >= 0.3 is 0 Å². The number of sulfone groups is 1. The molecule has 1 saturated heterocycles. The zero-order valence-corrected chi connectivity index (χ0v) is 17.2. The predicted octanol–water partition coefficient (Wildman–Crippen LogP) is 1.61. The highest BCUT2D eigenvalue weighted by Gasteiger charge is 2.31. The molecule has 29 heavy (non-hydrogen) atoms. The molecule has 0 aliphatic carbocycles. The predicted molar refractivity (Wildman–Crippen MR) is 108 cm³/mol. The number of ketones is 1. The highest BCUT2D eigenvalue weighted by Crippen LogP contribution is 2.19. The second-order valence-corrected chi connectivity index (χ2v) is 10.7. The summed E-state index contributed by atoms with van der Waals surface area (Å²) < 4.78 is 50.7. The quantitative estimate of drug-likeness (QED) is 0.663. The SMILES string of the molecule is CC(=O)c1ccccc1NC(=O)c1cccc(S(=O)(=O)NC2CCS(=O)(=O)C2)c1. The van der Waals surface area contributed by atoms with Crippen LogP contribution >= 0.6 is 0 Å². The molecule has 2 aromatic rings. The lowest BCUT2D eigenvalue weighted by Gasteiger charge is -2.13. The molecule has 1 heterocycles. The maximum atomic E-state index is 12.6. The Hall–Kier alpha value is -2.56. The minimum atomic E-state index is -3.99. The second kappa shape index (κ2) is 8.05. The maximum Gasteiger partial charge on any atom is 0.255 e. The summed E-state index contributed by atoms with van der Waals surface area (Å²) in [5.74, 6) is -1.08. The molecule has 0 aromatic heterocycles. The molecular weight excluding hydrogens is 416 g/mol. The molecule has 3 rings (SSSR count). The van der Waals surface area contributed by atoms with E-state index in [0.29, 0.717) is 11.3 Å². The van der Waals surface area contributed by atoms with Crippen molar-refractivity contribution in [1.82, 2.24) is 4.72 Å². The van der Waals surface area contributed by atoms with Crippen LogP contribution in [0.25, 0.3) is 0 Å². The Morgan fingerprint density at radius 3 is 2.45 bits per heavy atom. The van der Waals surface area contributed by atoms with Gasteiger partial charge in [-0.25, -0.2) is 21.6 Å². The molecule has 1 fully saturated rings. The Morgan fingerprint density at radius 2 is 1.79 bits per heavy atom. The zero-order valence-electron chi connectivity index (χ0n) is 15.6. The van der Waals surface area contributed by atoms with Gasteiger partial charge in [0.05, 0.1) is 22.1 Å². The average Bonchev–Trinajstić information content (AvgIpc) is 2.99. The van der Waals surface area contributed by atoms with E-state index in [1.165, 1.54) is 31.2 Å². The summed E-state index contributed by atoms with van der Waals surface area (Å²) in [5.41, 5.74) is 0.756. The summed E-state index contributed by atoms with van der Waals surface area (Å²) in [5, 5.41) is 2.62. The van der Waals surface area contributed by atoms with Crippen LogP contribution in [0.1, 0.15) is 34.1 Å². The molecule has 8 nitrogen and oxygen atoms in total. The number of hydrogen-bond acceptors (Lipinski definition) is 6. The summed E-state index contributed by atoms with van der Waals surface area (Å²) in [4.78, 5) is 24.1. The van der Waals surface area contributed by atoms with Gasteiger partial charge in [0.2, 0.25) is 10.0 Å². The van der Waals surface area contributed by atoms with Gasteiger partial charge in [-0.2, -0.15) is 0 Å². The Morgan fingerprint density at radius 1 is 1.07 bits per heavy atom. The highest BCUT2D eigenvalue weighted by atomic mass is 32.2. The van der Waals surface area contributed by atoms with Crippen LogP contribution in [-0.2, 0) is 19.9 Å². The number of Topliss-reactive ketones (excluding diaryl/α,β-unsaturated/α-hetero) is 1. The first kappa shape index (κ1) is 21.2. The second-order valence-electron chi connectivity index (χ2n) is 6.80. The topological polar surface area (TPSA) is 126 Å². The number of amides is 1. The molecule has 1 aliphatic rings. The van der Waals surface area contributed by atoms with Crippen molar-refractivity contribution in [2.24, 2.45) is 0 Å². The monoisotopic (exact) mass is 436 g/mol. The van der Waals surface area contributed by atoms with Gasteiger partial charge < -0.3 is 5.32 Å². The van der Waals surface area contributed by atoms with E-state index in [0.717, 1.165) is 0 Å². The smallest absolute Gasteiger partial charge is 0.255 e. The van der Waals surface area contributed by atoms with Gasteiger partial charge in [-0.1, -0.05) is 18.2 Å². The molecule has 2 aromatic carbocycles. The molecule has 1 atom stereocenters. The third-order valence-electron chi connectivity index (χ3n) is 4.52. The van der Waals surface area contributed by atoms with E-state index in [1.54, 1.807) is 24.3 Å². The number of nitrogens with one attached hydrogen (secondary N) is 2. The number of carbonyl (C=O) groups excluding carboxylic acids is 2. The Balaban J connectivity index is 1.80. The zero-order chi connectivity index (χ0) is 21.2. The number of hydrogen-bond donors (Lipinski definition) is 2. The number of anilines is 1. The van der Waals surface area contributed by atoms with Crippen molar-refractivity contribution in [3.05, 3.63) is 59.7 Å². The van der Waals surface area contributed by atoms with Crippen molar-refractivity contribution < 1.29 is 26.4 Å². The lowest BCUT2D eigenvalue weighted by molar-refractivity contribution is 0.101. The van der Waals surface area contributed by atoms with Crippen LogP contribution in [0.5, 0.6) is 0 Å². The molecule has 2 N–H and O–H groups in total. The fourth-order valence-corrected chi connectivity index (χ4v) is 6.17. The Labute approximate surface area is 169 Å². The minimum Gasteiger partial charge on any atom is -0.321 e. The first-order valence-electron chi connectivity index (χ1n) is 8.81. The van der Waals surface area contributed by atoms with E-state index in [9.17, 15) is 26.4 Å². The minimum absolute atomic E-state index is 0.0574. The number of carbonyl (C=O) groups is 2. The standard InChI is InChI=1S/C19H20N2O6S2/c1-13(22)17-7-2-3-8-18(17)20-19(23)14-5-4-6-16(11-14)29(26,27)21-15-9-10-28(24,25)12-15/h2-8,11,15,21H,9-10,12H2,1H3,(H,20,23). The first-order valence-corrected chi connectivity index (χ1v) is 12.1. The molecule has 0 bridgehead atoms. The van der Waals surface area contributed by atoms with Gasteiger partial charge in [-0.15, -0.1) is 0 Å². The van der Waals surface area contributed by atoms with Crippen molar-refractivity contribution in [3.63, 3.8) is 0 Å². The van der Waals surface area contributed by atoms with Crippen LogP contribution < -0.4 is 10.0 Å². The van der Waals surface area contributed by atoms with Crippen LogP contribution in [0.4, 0.5) is 5.69 Å². The van der Waals surface area contributed by atoms with Crippen molar-refractivity contribution in [2.45, 2.75) is 24.3 Å². The van der Waals surface area contributed by atoms with Gasteiger partial charge in [0.25, 0.3) is 5.91 Å². The normalized spacial score (nSPS) is 18.3. The van der Waals surface area contributed by atoms with E-state index in [1.807, 2.05) is 0 Å². The number of sulfonamides is 1. The third-order valence-corrected chi connectivity index (χ3v) is 7.80. The molecule has 0 saturated carbocycles. The van der Waals surface area contributed by atoms with E-state index in [-0.39, 0.29) is 34.2 Å². The van der Waals surface area contributed by atoms with Crippen molar-refractivity contribution in [1.29, 1.82) is 0 Å². The number of benzene rings is 2. The van der Waals surface area contributed by atoms with Gasteiger partial charge in [-0.05, 0) is 43.7 Å². The number of rotatable bonds is 6. The van der Waals surface area contributed by atoms with Crippen LogP contribution in [0.2, 0.25) is 0 Å². The lowest BCUT2D eigenvalue weighted by atomic mass is 10.1. The molecule has 1 unspecified atom stereocenters. The largest absolute Gasteiger partial charge is 0.321 e. The van der Waals surface area contributed by atoms with Gasteiger partial charge in [0, 0.05) is 17.2 Å². The molecular formula is C19H20N2O6S2. The van der Waals surface area contributed by atoms with Crippen LogP contribution in [0.15, 0.2) is 53.4 Å². The summed E-state index contributed by atoms with van der Waals surface area (Å²) in [6.45, 7) is 1.38. The summed E-state index contributed by atoms with van der Waals surface area (Å²) in [6.07, 6.45) is 0.212. The summed E-state index contributed by atoms with van der Waals surface area (Å²) in [6, 6.07) is 11.2. The molecule has 0 spiro atoms. The van der Waals surface area contributed by atoms with Gasteiger partial charge in [-0.3, -0.25) is 9.59 Å². The van der Waals surface area contributed by atoms with Crippen molar-refractivity contribution in [2.75, 3.05) is 16.8 Å². The third kappa shape index (κ3) is 5.08. The van der Waals surface area contributed by atoms with E-state index in [4.69, 9.17) is 0 Å². The highest BCUT2D eigenvalue weighted by molar-refractivity contribution is 7.92. The van der Waals surface area contributed by atoms with E-state index in [2.05, 4.69) is 10.0 Å². The molecule has 0 radical (unpaired) electrons. The summed E-state index contributed by atoms with van der Waals surface area (Å²) >= 11 is 0. The molecule has 1 amide bonds. The van der Waals surface area contributed by atoms with Crippen molar-refractivity contribution in [3.8, 4) is 0 Å². The van der Waals surface area contributed by atoms with E-state index >= 15 is 0 Å². The van der Waals surface area contributed by atoms with Crippen LogP contribution in [0, 0.1) is 0 Å². The number of para-hydroxylation sites is 1. The lowest BCUT2D eigenvalue weighted by Crippen LogP contribution is -2.35. The Kier molecular flexibility index (Phi) is 5.87. The average molecular weight is 437 g/mol. The molecule has 154 valence electrons. The van der Waals surface area contributed by atoms with E-state index < -0.39 is 31.8 Å². The fraction of sp³-hybridized carbons (Fsp3) is 0.263. The van der Waals surface area contributed by atoms with Gasteiger partial charge in [0.1, 0.15) is 0 Å². The summed E-state index contributed by atoms with van der Waals surface area (Å²) in [7, 11) is -7.23. The van der Waals surface area contributed by atoms with Crippen LogP contribution in [-0.4, -0.2) is 46.1 Å². The van der Waals surface area contributed by atoms with Crippen LogP contribution in [0.3, 0.4) is 0 Å². The van der Waals surface area contributed by atoms with Gasteiger partial charge in [0.15, 0.2) is 15.6 Å².